The van der Waals surface area contributed by atoms with Crippen LogP contribution in [-0.4, -0.2) is 32.1 Å². The minimum absolute atomic E-state index is 0.0383. The van der Waals surface area contributed by atoms with Crippen molar-refractivity contribution >= 4 is 11.8 Å². The Balaban J connectivity index is 2.69. The summed E-state index contributed by atoms with van der Waals surface area (Å²) in [7, 11) is 2.92. The number of hydrogen-bond donors (Lipinski definition) is 0. The van der Waals surface area contributed by atoms with Crippen molar-refractivity contribution in [3.8, 4) is 0 Å². The molecule has 0 aliphatic heterocycles. The van der Waals surface area contributed by atoms with E-state index in [-0.39, 0.29) is 29.7 Å². The largest absolute Gasteiger partial charge is 0.469 e. The van der Waals surface area contributed by atoms with Gasteiger partial charge in [0.15, 0.2) is 5.78 Å². The van der Waals surface area contributed by atoms with Crippen LogP contribution in [0.4, 0.5) is 0 Å². The maximum Gasteiger partial charge on any atom is 0.305 e. The lowest BCUT2D eigenvalue weighted by atomic mass is 9.89. The maximum atomic E-state index is 12.1. The third-order valence-corrected chi connectivity index (χ3v) is 3.50. The van der Waals surface area contributed by atoms with E-state index in [1.807, 2.05) is 12.2 Å². The van der Waals surface area contributed by atoms with Gasteiger partial charge in [0.05, 0.1) is 7.11 Å². The summed E-state index contributed by atoms with van der Waals surface area (Å²) in [6, 6.07) is 0. The molecule has 0 saturated heterocycles. The van der Waals surface area contributed by atoms with Crippen LogP contribution in [0.1, 0.15) is 32.6 Å². The third kappa shape index (κ3) is 3.67. The van der Waals surface area contributed by atoms with E-state index < -0.39 is 0 Å². The number of hydrogen-bond acceptors (Lipinski definition) is 4. The van der Waals surface area contributed by atoms with E-state index in [4.69, 9.17) is 4.74 Å². The maximum absolute atomic E-state index is 12.1. The van der Waals surface area contributed by atoms with Crippen molar-refractivity contribution in [1.29, 1.82) is 0 Å². The zero-order valence-corrected chi connectivity index (χ0v) is 11.3. The minimum Gasteiger partial charge on any atom is -0.469 e. The SMILES string of the molecule is CC/C=C\C[C@H]1C(=O)[C@H](OC)C[C@@H]1CC(=O)OC. The van der Waals surface area contributed by atoms with Gasteiger partial charge < -0.3 is 9.47 Å². The van der Waals surface area contributed by atoms with Gasteiger partial charge in [0.25, 0.3) is 0 Å². The highest BCUT2D eigenvalue weighted by molar-refractivity contribution is 5.88. The Bertz CT molecular complexity index is 322. The van der Waals surface area contributed by atoms with Crippen LogP contribution in [0.25, 0.3) is 0 Å². The molecule has 1 aliphatic carbocycles. The fourth-order valence-electron chi connectivity index (χ4n) is 2.48. The first kappa shape index (κ1) is 14.9. The Hall–Kier alpha value is -1.16. The number of esters is 1. The summed E-state index contributed by atoms with van der Waals surface area (Å²) in [6.07, 6.45) is 6.26. The van der Waals surface area contributed by atoms with Crippen molar-refractivity contribution in [1.82, 2.24) is 0 Å². The highest BCUT2D eigenvalue weighted by atomic mass is 16.5. The average molecular weight is 254 g/mol. The molecule has 102 valence electrons. The molecule has 0 aromatic carbocycles. The summed E-state index contributed by atoms with van der Waals surface area (Å²) in [5.41, 5.74) is 0. The zero-order valence-electron chi connectivity index (χ0n) is 11.3. The van der Waals surface area contributed by atoms with Gasteiger partial charge in [0.1, 0.15) is 6.10 Å². The predicted molar refractivity (Wildman–Crippen MR) is 68.1 cm³/mol. The molecule has 0 spiro atoms. The van der Waals surface area contributed by atoms with Gasteiger partial charge in [-0.05, 0) is 25.2 Å². The molecule has 0 unspecified atom stereocenters. The van der Waals surface area contributed by atoms with E-state index in [1.54, 1.807) is 7.11 Å². The third-order valence-electron chi connectivity index (χ3n) is 3.50. The quantitative estimate of drug-likeness (QED) is 0.538. The van der Waals surface area contributed by atoms with E-state index in [9.17, 15) is 9.59 Å². The summed E-state index contributed by atoms with van der Waals surface area (Å²) in [5.74, 6) is -0.213. The van der Waals surface area contributed by atoms with Gasteiger partial charge >= 0.3 is 5.97 Å². The summed E-state index contributed by atoms with van der Waals surface area (Å²) in [5, 5.41) is 0. The Labute approximate surface area is 108 Å². The fraction of sp³-hybridized carbons (Fsp3) is 0.714. The fourth-order valence-corrected chi connectivity index (χ4v) is 2.48. The lowest BCUT2D eigenvalue weighted by Gasteiger charge is -2.14. The summed E-state index contributed by atoms with van der Waals surface area (Å²) < 4.78 is 9.86. The highest BCUT2D eigenvalue weighted by Gasteiger charge is 2.42. The molecule has 4 heteroatoms. The molecule has 0 radical (unpaired) electrons. The van der Waals surface area contributed by atoms with Crippen molar-refractivity contribution in [2.45, 2.75) is 38.7 Å². The number of carbonyl (C=O) groups is 2. The molecule has 0 aromatic rings. The van der Waals surface area contributed by atoms with E-state index >= 15 is 0 Å². The standard InChI is InChI=1S/C14H22O4/c1-4-5-6-7-11-10(9-13(15)18-3)8-12(17-2)14(11)16/h5-6,10-12H,4,7-9H2,1-3H3/b6-5-/t10-,11-,12-/m1/s1. The lowest BCUT2D eigenvalue weighted by molar-refractivity contribution is -0.142. The van der Waals surface area contributed by atoms with Crippen LogP contribution in [0.15, 0.2) is 12.2 Å². The molecule has 1 fully saturated rings. The topological polar surface area (TPSA) is 52.6 Å². The lowest BCUT2D eigenvalue weighted by Crippen LogP contribution is -2.21. The molecular formula is C14H22O4. The second-order valence-electron chi connectivity index (χ2n) is 4.62. The van der Waals surface area contributed by atoms with E-state index in [0.29, 0.717) is 19.3 Å². The molecular weight excluding hydrogens is 232 g/mol. The summed E-state index contributed by atoms with van der Waals surface area (Å²) in [6.45, 7) is 2.05. The van der Waals surface area contributed by atoms with Crippen molar-refractivity contribution in [2.24, 2.45) is 11.8 Å². The summed E-state index contributed by atoms with van der Waals surface area (Å²) in [4.78, 5) is 23.5. The number of ether oxygens (including phenoxy) is 2. The first-order valence-corrected chi connectivity index (χ1v) is 6.42. The second kappa shape index (κ2) is 7.31. The van der Waals surface area contributed by atoms with Crippen LogP contribution in [0.2, 0.25) is 0 Å². The van der Waals surface area contributed by atoms with Gasteiger partial charge in [-0.15, -0.1) is 0 Å². The van der Waals surface area contributed by atoms with Crippen molar-refractivity contribution in [3.63, 3.8) is 0 Å². The highest BCUT2D eigenvalue weighted by Crippen LogP contribution is 2.35. The molecule has 0 aromatic heterocycles. The van der Waals surface area contributed by atoms with Crippen LogP contribution in [0, 0.1) is 11.8 Å². The first-order chi connectivity index (χ1) is 8.63. The van der Waals surface area contributed by atoms with Crippen molar-refractivity contribution < 1.29 is 19.1 Å². The Morgan fingerprint density at radius 2 is 2.11 bits per heavy atom. The van der Waals surface area contributed by atoms with E-state index in [0.717, 1.165) is 6.42 Å². The molecule has 18 heavy (non-hydrogen) atoms. The van der Waals surface area contributed by atoms with Gasteiger partial charge in [0, 0.05) is 19.4 Å². The number of allylic oxidation sites excluding steroid dienone is 2. The second-order valence-corrected chi connectivity index (χ2v) is 4.62. The minimum atomic E-state index is -0.361. The normalized spacial score (nSPS) is 27.9. The monoisotopic (exact) mass is 254 g/mol. The molecule has 0 N–H and O–H groups in total. The number of ketones is 1. The van der Waals surface area contributed by atoms with Gasteiger partial charge in [0.2, 0.25) is 0 Å². The molecule has 3 atom stereocenters. The Morgan fingerprint density at radius 3 is 2.67 bits per heavy atom. The van der Waals surface area contributed by atoms with Gasteiger partial charge in [-0.1, -0.05) is 19.1 Å². The van der Waals surface area contributed by atoms with Crippen molar-refractivity contribution in [3.05, 3.63) is 12.2 Å². The number of carbonyl (C=O) groups excluding carboxylic acids is 2. The predicted octanol–water partition coefficient (Wildman–Crippen LogP) is 2.13. The van der Waals surface area contributed by atoms with Crippen LogP contribution in [0.3, 0.4) is 0 Å². The average Bonchev–Trinajstić information content (AvgIpc) is 2.66. The number of methoxy groups -OCH3 is 2. The molecule has 0 bridgehead atoms. The summed E-state index contributed by atoms with van der Waals surface area (Å²) >= 11 is 0. The zero-order chi connectivity index (χ0) is 13.5. The molecule has 1 aliphatic rings. The first-order valence-electron chi connectivity index (χ1n) is 6.42. The Kier molecular flexibility index (Phi) is 6.05. The number of rotatable bonds is 6. The van der Waals surface area contributed by atoms with E-state index in [1.165, 1.54) is 7.11 Å². The molecule has 1 rings (SSSR count). The van der Waals surface area contributed by atoms with Gasteiger partial charge in [-0.3, -0.25) is 9.59 Å². The van der Waals surface area contributed by atoms with Crippen LogP contribution in [0.5, 0.6) is 0 Å². The smallest absolute Gasteiger partial charge is 0.305 e. The van der Waals surface area contributed by atoms with Crippen molar-refractivity contribution in [2.75, 3.05) is 14.2 Å². The van der Waals surface area contributed by atoms with Crippen LogP contribution in [-0.2, 0) is 19.1 Å². The van der Waals surface area contributed by atoms with Crippen LogP contribution >= 0.6 is 0 Å². The Morgan fingerprint density at radius 1 is 1.39 bits per heavy atom. The number of Topliss-reactive ketones (excluding diaryl/α,β-unsaturated/α-hetero) is 1. The molecule has 1 saturated carbocycles. The molecule has 4 nitrogen and oxygen atoms in total. The van der Waals surface area contributed by atoms with Gasteiger partial charge in [-0.2, -0.15) is 0 Å². The van der Waals surface area contributed by atoms with Crippen LogP contribution < -0.4 is 0 Å². The molecule has 0 heterocycles. The molecule has 0 amide bonds. The van der Waals surface area contributed by atoms with Gasteiger partial charge in [-0.25, -0.2) is 0 Å². The van der Waals surface area contributed by atoms with E-state index in [2.05, 4.69) is 11.7 Å².